The van der Waals surface area contributed by atoms with Crippen LogP contribution in [0.15, 0.2) is 42.5 Å². The molecule has 2 aromatic carbocycles. The van der Waals surface area contributed by atoms with Gasteiger partial charge in [0.1, 0.15) is 11.6 Å². The Morgan fingerprint density at radius 3 is 2.74 bits per heavy atom. The Morgan fingerprint density at radius 1 is 1.26 bits per heavy atom. The van der Waals surface area contributed by atoms with Crippen LogP contribution in [0.3, 0.4) is 0 Å². The van der Waals surface area contributed by atoms with Crippen molar-refractivity contribution in [1.82, 2.24) is 0 Å². The molecular weight excluding hydrogens is 247 g/mol. The van der Waals surface area contributed by atoms with E-state index < -0.39 is 5.97 Å². The molecule has 0 spiro atoms. The lowest BCUT2D eigenvalue weighted by Gasteiger charge is -2.11. The van der Waals surface area contributed by atoms with E-state index in [9.17, 15) is 9.18 Å². The van der Waals surface area contributed by atoms with Gasteiger partial charge in [-0.05, 0) is 36.8 Å². The topological polar surface area (TPSA) is 46.5 Å². The zero-order valence-electron chi connectivity index (χ0n) is 10.4. The zero-order valence-corrected chi connectivity index (χ0v) is 10.4. The van der Waals surface area contributed by atoms with Crippen LogP contribution < -0.4 is 4.74 Å². The summed E-state index contributed by atoms with van der Waals surface area (Å²) in [5, 5.41) is 8.98. The highest BCUT2D eigenvalue weighted by Gasteiger charge is 2.10. The van der Waals surface area contributed by atoms with Crippen molar-refractivity contribution in [2.45, 2.75) is 6.92 Å². The normalized spacial score (nSPS) is 10.2. The average Bonchev–Trinajstić information content (AvgIpc) is 2.39. The number of carboxylic acids is 1. The van der Waals surface area contributed by atoms with E-state index in [1.807, 2.05) is 6.92 Å². The second-order valence-corrected chi connectivity index (χ2v) is 3.96. The van der Waals surface area contributed by atoms with E-state index in [1.54, 1.807) is 18.2 Å². The van der Waals surface area contributed by atoms with E-state index >= 15 is 0 Å². The Hall–Kier alpha value is -2.36. The molecule has 3 nitrogen and oxygen atoms in total. The van der Waals surface area contributed by atoms with E-state index in [0.717, 1.165) is 0 Å². The van der Waals surface area contributed by atoms with Crippen molar-refractivity contribution in [3.05, 3.63) is 53.8 Å². The van der Waals surface area contributed by atoms with E-state index in [2.05, 4.69) is 0 Å². The van der Waals surface area contributed by atoms with Gasteiger partial charge >= 0.3 is 5.97 Å². The third-order valence-corrected chi connectivity index (χ3v) is 2.66. The molecule has 0 aliphatic heterocycles. The molecule has 0 aliphatic carbocycles. The SMILES string of the molecule is CCOc1cc(F)ccc1-c1cccc(C(=O)O)c1. The highest BCUT2D eigenvalue weighted by molar-refractivity contribution is 5.89. The fourth-order valence-corrected chi connectivity index (χ4v) is 1.83. The molecule has 1 N–H and O–H groups in total. The number of hydrogen-bond acceptors (Lipinski definition) is 2. The first-order valence-corrected chi connectivity index (χ1v) is 5.88. The molecule has 0 fully saturated rings. The second-order valence-electron chi connectivity index (χ2n) is 3.96. The van der Waals surface area contributed by atoms with Gasteiger partial charge in [0.25, 0.3) is 0 Å². The van der Waals surface area contributed by atoms with Gasteiger partial charge in [0, 0.05) is 11.6 Å². The standard InChI is InChI=1S/C15H13FO3/c1-2-19-14-9-12(16)6-7-13(14)10-4-3-5-11(8-10)15(17)18/h3-9H,2H2,1H3,(H,17,18). The van der Waals surface area contributed by atoms with Crippen molar-refractivity contribution >= 4 is 5.97 Å². The van der Waals surface area contributed by atoms with Crippen LogP contribution in [0.5, 0.6) is 5.75 Å². The number of benzene rings is 2. The van der Waals surface area contributed by atoms with Crippen molar-refractivity contribution < 1.29 is 19.0 Å². The Labute approximate surface area is 110 Å². The van der Waals surface area contributed by atoms with E-state index in [4.69, 9.17) is 9.84 Å². The molecule has 0 aromatic heterocycles. The minimum absolute atomic E-state index is 0.185. The summed E-state index contributed by atoms with van der Waals surface area (Å²) in [5.41, 5.74) is 1.54. The first-order valence-electron chi connectivity index (χ1n) is 5.88. The number of hydrogen-bond donors (Lipinski definition) is 1. The van der Waals surface area contributed by atoms with Gasteiger partial charge in [-0.1, -0.05) is 12.1 Å². The number of halogens is 1. The summed E-state index contributed by atoms with van der Waals surface area (Å²) in [7, 11) is 0. The number of aromatic carboxylic acids is 1. The second kappa shape index (κ2) is 5.52. The van der Waals surface area contributed by atoms with Gasteiger partial charge in [-0.3, -0.25) is 0 Å². The lowest BCUT2D eigenvalue weighted by atomic mass is 10.0. The summed E-state index contributed by atoms with van der Waals surface area (Å²) in [6, 6.07) is 10.7. The average molecular weight is 260 g/mol. The van der Waals surface area contributed by atoms with Crippen LogP contribution in [0.4, 0.5) is 4.39 Å². The van der Waals surface area contributed by atoms with Gasteiger partial charge in [0.15, 0.2) is 0 Å². The van der Waals surface area contributed by atoms with E-state index in [1.165, 1.54) is 24.3 Å². The third kappa shape index (κ3) is 2.91. The van der Waals surface area contributed by atoms with Gasteiger partial charge in [-0.25, -0.2) is 9.18 Å². The fourth-order valence-electron chi connectivity index (χ4n) is 1.83. The molecular formula is C15H13FO3. The number of ether oxygens (including phenoxy) is 1. The number of carbonyl (C=O) groups is 1. The molecule has 2 aromatic rings. The Kier molecular flexibility index (Phi) is 3.80. The highest BCUT2D eigenvalue weighted by Crippen LogP contribution is 2.31. The molecule has 0 atom stereocenters. The maximum absolute atomic E-state index is 13.2. The number of carboxylic acid groups (broad SMARTS) is 1. The molecule has 0 saturated carbocycles. The van der Waals surface area contributed by atoms with Crippen molar-refractivity contribution in [1.29, 1.82) is 0 Å². The van der Waals surface area contributed by atoms with Crippen molar-refractivity contribution in [3.8, 4) is 16.9 Å². The maximum Gasteiger partial charge on any atom is 0.335 e. The molecule has 2 rings (SSSR count). The minimum Gasteiger partial charge on any atom is -0.493 e. The van der Waals surface area contributed by atoms with E-state index in [0.29, 0.717) is 23.5 Å². The molecule has 0 amide bonds. The molecule has 98 valence electrons. The molecule has 0 unspecified atom stereocenters. The zero-order chi connectivity index (χ0) is 13.8. The van der Waals surface area contributed by atoms with Gasteiger partial charge in [-0.2, -0.15) is 0 Å². The Balaban J connectivity index is 2.51. The fraction of sp³-hybridized carbons (Fsp3) is 0.133. The van der Waals surface area contributed by atoms with Gasteiger partial charge in [0.2, 0.25) is 0 Å². The summed E-state index contributed by atoms with van der Waals surface area (Å²) in [5.74, 6) is -0.978. The van der Waals surface area contributed by atoms with Crippen LogP contribution >= 0.6 is 0 Å². The van der Waals surface area contributed by atoms with Crippen molar-refractivity contribution in [2.24, 2.45) is 0 Å². The predicted octanol–water partition coefficient (Wildman–Crippen LogP) is 3.59. The van der Waals surface area contributed by atoms with Crippen molar-refractivity contribution in [3.63, 3.8) is 0 Å². The van der Waals surface area contributed by atoms with Crippen LogP contribution in [0, 0.1) is 5.82 Å². The largest absolute Gasteiger partial charge is 0.493 e. The minimum atomic E-state index is -0.998. The summed E-state index contributed by atoms with van der Waals surface area (Å²) in [6.07, 6.45) is 0. The quantitative estimate of drug-likeness (QED) is 0.913. The van der Waals surface area contributed by atoms with Gasteiger partial charge in [0.05, 0.1) is 12.2 Å². The van der Waals surface area contributed by atoms with Gasteiger partial charge < -0.3 is 9.84 Å². The summed E-state index contributed by atoms with van der Waals surface area (Å²) in [4.78, 5) is 11.0. The predicted molar refractivity (Wildman–Crippen MR) is 70.0 cm³/mol. The molecule has 0 aliphatic rings. The molecule has 4 heteroatoms. The summed E-state index contributed by atoms with van der Waals surface area (Å²) in [6.45, 7) is 2.22. The maximum atomic E-state index is 13.2. The molecule has 0 bridgehead atoms. The monoisotopic (exact) mass is 260 g/mol. The molecule has 0 heterocycles. The van der Waals surface area contributed by atoms with Crippen LogP contribution in [0.25, 0.3) is 11.1 Å². The smallest absolute Gasteiger partial charge is 0.335 e. The summed E-state index contributed by atoms with van der Waals surface area (Å²) >= 11 is 0. The first-order chi connectivity index (χ1) is 9.11. The number of rotatable bonds is 4. The van der Waals surface area contributed by atoms with Crippen LogP contribution in [0.1, 0.15) is 17.3 Å². The highest BCUT2D eigenvalue weighted by atomic mass is 19.1. The molecule has 0 saturated heterocycles. The molecule has 19 heavy (non-hydrogen) atoms. The van der Waals surface area contributed by atoms with Crippen LogP contribution in [-0.2, 0) is 0 Å². The Bertz CT molecular complexity index is 608. The van der Waals surface area contributed by atoms with Crippen molar-refractivity contribution in [2.75, 3.05) is 6.61 Å². The third-order valence-electron chi connectivity index (χ3n) is 2.66. The lowest BCUT2D eigenvalue weighted by molar-refractivity contribution is 0.0697. The van der Waals surface area contributed by atoms with Crippen LogP contribution in [-0.4, -0.2) is 17.7 Å². The molecule has 0 radical (unpaired) electrons. The first kappa shape index (κ1) is 13.1. The lowest BCUT2D eigenvalue weighted by Crippen LogP contribution is -1.98. The van der Waals surface area contributed by atoms with Gasteiger partial charge in [-0.15, -0.1) is 0 Å². The van der Waals surface area contributed by atoms with E-state index in [-0.39, 0.29) is 11.4 Å². The Morgan fingerprint density at radius 2 is 2.05 bits per heavy atom. The van der Waals surface area contributed by atoms with Crippen LogP contribution in [0.2, 0.25) is 0 Å². The summed E-state index contributed by atoms with van der Waals surface area (Å²) < 4.78 is 18.6.